The number of imide groups is 1. The average Bonchev–Trinajstić information content (AvgIpc) is 2.89. The van der Waals surface area contributed by atoms with Crippen LogP contribution in [0.15, 0.2) is 45.5 Å². The third-order valence-electron chi connectivity index (χ3n) is 2.80. The van der Waals surface area contributed by atoms with Crippen molar-refractivity contribution < 1.29 is 60.2 Å². The maximum Gasteiger partial charge on any atom is 0.396 e. The molecule has 157 valence electrons. The molecule has 1 aromatic carbocycles. The van der Waals surface area contributed by atoms with Crippen LogP contribution >= 0.6 is 0 Å². The number of amides is 3. The van der Waals surface area contributed by atoms with Crippen molar-refractivity contribution in [2.45, 2.75) is 13.5 Å². The SMILES string of the molecule is CC1=CC(=O)N(Cc2cc[c-]cc2)C1=O.COC(=O)N=[N+]=[N-].CS(=O)(=O)N=[N+]=[N-].[Y]. The van der Waals surface area contributed by atoms with Crippen LogP contribution < -0.4 is 0 Å². The van der Waals surface area contributed by atoms with E-state index in [2.05, 4.69) is 25.3 Å². The summed E-state index contributed by atoms with van der Waals surface area (Å²) in [6.07, 6.45) is 1.28. The van der Waals surface area contributed by atoms with Gasteiger partial charge in [0.15, 0.2) is 0 Å². The number of hydrogen-bond acceptors (Lipinski definition) is 6. The summed E-state index contributed by atoms with van der Waals surface area (Å²) in [6.45, 7) is 1.99. The number of benzene rings is 1. The fourth-order valence-corrected chi connectivity index (χ4v) is 1.77. The van der Waals surface area contributed by atoms with E-state index in [4.69, 9.17) is 11.1 Å². The predicted octanol–water partition coefficient (Wildman–Crippen LogP) is 2.62. The van der Waals surface area contributed by atoms with Crippen LogP contribution in [0.25, 0.3) is 20.9 Å². The third kappa shape index (κ3) is 12.7. The van der Waals surface area contributed by atoms with E-state index in [1.54, 1.807) is 19.1 Å². The Labute approximate surface area is 197 Å². The first-order chi connectivity index (χ1) is 13.6. The number of ether oxygens (including phenoxy) is 1. The Morgan fingerprint density at radius 2 is 1.80 bits per heavy atom. The summed E-state index contributed by atoms with van der Waals surface area (Å²) >= 11 is 0. The van der Waals surface area contributed by atoms with Crippen LogP contribution in [0.4, 0.5) is 4.79 Å². The number of rotatable bonds is 3. The molecule has 0 bridgehead atoms. The molecule has 0 N–H and O–H groups in total. The molecule has 0 unspecified atom stereocenters. The molecule has 15 heteroatoms. The predicted molar refractivity (Wildman–Crippen MR) is 100 cm³/mol. The van der Waals surface area contributed by atoms with Gasteiger partial charge in [0.25, 0.3) is 11.8 Å². The molecule has 1 aliphatic rings. The number of sulfonamides is 1. The van der Waals surface area contributed by atoms with Crippen LogP contribution in [-0.2, 0) is 63.6 Å². The van der Waals surface area contributed by atoms with Gasteiger partial charge in [0, 0.05) is 76.6 Å². The average molecular weight is 511 g/mol. The van der Waals surface area contributed by atoms with E-state index in [1.807, 2.05) is 17.0 Å². The summed E-state index contributed by atoms with van der Waals surface area (Å²) in [5, 5.41) is 2.56. The van der Waals surface area contributed by atoms with Crippen molar-refractivity contribution in [2.24, 2.45) is 9.63 Å². The maximum absolute atomic E-state index is 11.5. The van der Waals surface area contributed by atoms with Crippen molar-refractivity contribution in [3.63, 3.8) is 0 Å². The summed E-state index contributed by atoms with van der Waals surface area (Å²) in [6, 6.07) is 10.1. The molecule has 0 saturated carbocycles. The number of carbonyl (C=O) groups is 3. The van der Waals surface area contributed by atoms with Gasteiger partial charge in [0.05, 0.1) is 7.11 Å². The number of nitrogens with zero attached hydrogens (tertiary/aromatic N) is 7. The Morgan fingerprint density at radius 3 is 2.10 bits per heavy atom. The molecule has 30 heavy (non-hydrogen) atoms. The van der Waals surface area contributed by atoms with Crippen LogP contribution in [0.2, 0.25) is 0 Å². The second-order valence-corrected chi connectivity index (χ2v) is 6.66. The molecule has 0 fully saturated rings. The van der Waals surface area contributed by atoms with Crippen LogP contribution in [0.5, 0.6) is 0 Å². The molecule has 1 heterocycles. The fraction of sp³-hybridized carbons (Fsp3) is 0.267. The summed E-state index contributed by atoms with van der Waals surface area (Å²) in [7, 11) is -2.33. The Bertz CT molecular complexity index is 984. The standard InChI is InChI=1S/C12H10NO2.C2H3N3O2.CH3N3O2S.Y/c1-9-7-11(14)13(12(9)15)8-10-5-3-2-4-6-10;1-7-2(6)4-5-3;1-7(5,6)4-3-2;/h3-7H,8H2,1H3;2*1H3;/q-1;;;. The molecule has 2 rings (SSSR count). The third-order valence-corrected chi connectivity index (χ3v) is 3.17. The smallest absolute Gasteiger partial charge is 0.396 e. The first-order valence-electron chi connectivity index (χ1n) is 7.44. The summed E-state index contributed by atoms with van der Waals surface area (Å²) in [5.74, 6) is -0.432. The van der Waals surface area contributed by atoms with Crippen molar-refractivity contribution in [3.05, 3.63) is 68.4 Å². The van der Waals surface area contributed by atoms with Crippen LogP contribution in [0.3, 0.4) is 0 Å². The molecular weight excluding hydrogens is 495 g/mol. The van der Waals surface area contributed by atoms with E-state index in [0.29, 0.717) is 12.1 Å². The molecule has 0 atom stereocenters. The second-order valence-electron chi connectivity index (χ2n) is 5.03. The molecule has 0 spiro atoms. The quantitative estimate of drug-likeness (QED) is 0.197. The van der Waals surface area contributed by atoms with Gasteiger partial charge in [0.1, 0.15) is 0 Å². The van der Waals surface area contributed by atoms with Crippen molar-refractivity contribution in [3.8, 4) is 0 Å². The van der Waals surface area contributed by atoms with E-state index >= 15 is 0 Å². The van der Waals surface area contributed by atoms with Crippen molar-refractivity contribution in [2.75, 3.05) is 13.4 Å². The van der Waals surface area contributed by atoms with Crippen LogP contribution in [0, 0.1) is 6.07 Å². The van der Waals surface area contributed by atoms with E-state index in [0.717, 1.165) is 18.9 Å². The van der Waals surface area contributed by atoms with E-state index in [9.17, 15) is 22.8 Å². The number of methoxy groups -OCH3 is 1. The minimum Gasteiger partial charge on any atom is -0.464 e. The van der Waals surface area contributed by atoms with E-state index in [1.165, 1.54) is 11.0 Å². The van der Waals surface area contributed by atoms with Gasteiger partial charge >= 0.3 is 6.09 Å². The number of carbonyl (C=O) groups excluding carboxylic acids is 3. The van der Waals surface area contributed by atoms with Gasteiger partial charge < -0.3 is 4.74 Å². The summed E-state index contributed by atoms with van der Waals surface area (Å²) < 4.78 is 26.0. The van der Waals surface area contributed by atoms with Gasteiger partial charge in [0.2, 0.25) is 10.0 Å². The van der Waals surface area contributed by atoms with Crippen LogP contribution in [0.1, 0.15) is 12.5 Å². The molecule has 3 amide bonds. The van der Waals surface area contributed by atoms with Gasteiger partial charge in [-0.15, -0.1) is 5.56 Å². The molecule has 0 aromatic heterocycles. The Kier molecular flexibility index (Phi) is 14.9. The number of azide groups is 2. The van der Waals surface area contributed by atoms with Gasteiger partial charge in [-0.2, -0.15) is 30.3 Å². The maximum atomic E-state index is 11.5. The Balaban J connectivity index is 0. The molecule has 13 nitrogen and oxygen atoms in total. The first-order valence-corrected chi connectivity index (χ1v) is 9.29. The van der Waals surface area contributed by atoms with E-state index in [-0.39, 0.29) is 44.5 Å². The molecule has 1 radical (unpaired) electrons. The van der Waals surface area contributed by atoms with Gasteiger partial charge in [-0.3, -0.25) is 14.5 Å². The topological polar surface area (TPSA) is 195 Å². The Hall–Kier alpha value is -2.76. The normalized spacial score (nSPS) is 11.7. The molecule has 0 aliphatic carbocycles. The minimum absolute atomic E-state index is 0. The summed E-state index contributed by atoms with van der Waals surface area (Å²) in [4.78, 5) is 38.2. The van der Waals surface area contributed by atoms with Crippen LogP contribution in [-0.4, -0.2) is 44.6 Å². The monoisotopic (exact) mass is 511 g/mol. The van der Waals surface area contributed by atoms with Gasteiger partial charge in [-0.25, -0.2) is 13.2 Å². The zero-order chi connectivity index (χ0) is 22.4. The largest absolute Gasteiger partial charge is 0.464 e. The van der Waals surface area contributed by atoms with Gasteiger partial charge in [-0.05, 0) is 18.0 Å². The molecule has 1 aromatic rings. The summed E-state index contributed by atoms with van der Waals surface area (Å²) in [5.41, 5.74) is 16.4. The van der Waals surface area contributed by atoms with Crippen molar-refractivity contribution in [1.82, 2.24) is 4.90 Å². The minimum atomic E-state index is -3.47. The zero-order valence-corrected chi connectivity index (χ0v) is 19.8. The fourth-order valence-electron chi connectivity index (χ4n) is 1.64. The van der Waals surface area contributed by atoms with Crippen molar-refractivity contribution in [1.29, 1.82) is 0 Å². The first kappa shape index (κ1) is 29.4. The molecular formula is C15H16N7O6SY-. The second kappa shape index (κ2) is 15.1. The molecule has 0 saturated heterocycles. The Morgan fingerprint density at radius 1 is 1.23 bits per heavy atom. The zero-order valence-electron chi connectivity index (χ0n) is 16.2. The number of hydrogen-bond donors (Lipinski definition) is 0. The van der Waals surface area contributed by atoms with Crippen molar-refractivity contribution >= 4 is 27.9 Å². The van der Waals surface area contributed by atoms with Gasteiger partial charge in [-0.1, -0.05) is 0 Å². The van der Waals surface area contributed by atoms with E-state index < -0.39 is 16.1 Å². The molecule has 1 aliphatic heterocycles.